The van der Waals surface area contributed by atoms with E-state index in [0.29, 0.717) is 6.04 Å². The number of aryl methyl sites for hydroxylation is 1. The topological polar surface area (TPSA) is 17.8 Å². The Morgan fingerprint density at radius 2 is 2.08 bits per heavy atom. The van der Waals surface area contributed by atoms with E-state index in [4.69, 9.17) is 0 Å². The molecule has 0 spiro atoms. The molecule has 0 saturated carbocycles. The Labute approximate surface area is 78.2 Å². The zero-order valence-electron chi connectivity index (χ0n) is 8.28. The number of hydrogen-bond donors (Lipinski definition) is 0. The van der Waals surface area contributed by atoms with Crippen LogP contribution in [0.5, 0.6) is 0 Å². The van der Waals surface area contributed by atoms with Gasteiger partial charge in [-0.05, 0) is 32.4 Å². The van der Waals surface area contributed by atoms with Crippen LogP contribution in [0, 0.1) is 6.92 Å². The predicted octanol–water partition coefficient (Wildman–Crippen LogP) is 2.93. The van der Waals surface area contributed by atoms with E-state index in [1.165, 1.54) is 16.5 Å². The minimum atomic E-state index is 0.513. The van der Waals surface area contributed by atoms with E-state index in [2.05, 4.69) is 42.6 Å². The second-order valence-electron chi connectivity index (χ2n) is 3.71. The Hall–Kier alpha value is -1.31. The number of fused-ring (bicyclic) bond motifs is 1. The number of pyridine rings is 1. The lowest BCUT2D eigenvalue weighted by Gasteiger charge is -2.10. The largest absolute Gasteiger partial charge is 0.345 e. The minimum Gasteiger partial charge on any atom is -0.345 e. The molecular weight excluding hydrogens is 160 g/mol. The van der Waals surface area contributed by atoms with Crippen LogP contribution in [-0.2, 0) is 0 Å². The van der Waals surface area contributed by atoms with Crippen molar-refractivity contribution in [3.05, 3.63) is 30.2 Å². The molecule has 0 aliphatic rings. The van der Waals surface area contributed by atoms with Crippen LogP contribution in [0.15, 0.2) is 24.7 Å². The van der Waals surface area contributed by atoms with Crippen molar-refractivity contribution in [3.8, 4) is 0 Å². The predicted molar refractivity (Wildman–Crippen MR) is 54.9 cm³/mol. The fourth-order valence-corrected chi connectivity index (χ4v) is 1.72. The van der Waals surface area contributed by atoms with Gasteiger partial charge in [-0.1, -0.05) is 0 Å². The van der Waals surface area contributed by atoms with Crippen LogP contribution in [0.1, 0.15) is 25.5 Å². The van der Waals surface area contributed by atoms with Gasteiger partial charge in [-0.25, -0.2) is 0 Å². The number of hydrogen-bond acceptors (Lipinski definition) is 1. The SMILES string of the molecule is Cc1cncc2ccn(C(C)C)c12. The number of nitrogens with zero attached hydrogens (tertiary/aromatic N) is 2. The highest BCUT2D eigenvalue weighted by molar-refractivity contribution is 5.82. The third-order valence-electron chi connectivity index (χ3n) is 2.36. The van der Waals surface area contributed by atoms with Gasteiger partial charge in [0, 0.05) is 30.0 Å². The standard InChI is InChI=1S/C11H14N2/c1-8(2)13-5-4-10-7-12-6-9(3)11(10)13/h4-8H,1-3H3. The van der Waals surface area contributed by atoms with Gasteiger partial charge in [0.25, 0.3) is 0 Å². The first-order chi connectivity index (χ1) is 6.20. The molecule has 0 aromatic carbocycles. The quantitative estimate of drug-likeness (QED) is 0.650. The van der Waals surface area contributed by atoms with Crippen molar-refractivity contribution in [2.24, 2.45) is 0 Å². The molecule has 68 valence electrons. The van der Waals surface area contributed by atoms with Crippen molar-refractivity contribution in [3.63, 3.8) is 0 Å². The summed E-state index contributed by atoms with van der Waals surface area (Å²) in [5.74, 6) is 0. The molecule has 13 heavy (non-hydrogen) atoms. The van der Waals surface area contributed by atoms with Crippen molar-refractivity contribution < 1.29 is 0 Å². The van der Waals surface area contributed by atoms with Gasteiger partial charge < -0.3 is 4.57 Å². The van der Waals surface area contributed by atoms with Crippen molar-refractivity contribution >= 4 is 10.9 Å². The molecule has 0 amide bonds. The molecule has 2 heteroatoms. The summed E-state index contributed by atoms with van der Waals surface area (Å²) >= 11 is 0. The second-order valence-corrected chi connectivity index (χ2v) is 3.71. The monoisotopic (exact) mass is 174 g/mol. The molecule has 0 N–H and O–H groups in total. The van der Waals surface area contributed by atoms with E-state index < -0.39 is 0 Å². The van der Waals surface area contributed by atoms with E-state index in [9.17, 15) is 0 Å². The summed E-state index contributed by atoms with van der Waals surface area (Å²) in [5.41, 5.74) is 2.56. The van der Waals surface area contributed by atoms with Crippen LogP contribution in [-0.4, -0.2) is 9.55 Å². The molecule has 2 rings (SSSR count). The van der Waals surface area contributed by atoms with Gasteiger partial charge in [0.05, 0.1) is 5.52 Å². The van der Waals surface area contributed by atoms with Crippen molar-refractivity contribution in [2.75, 3.05) is 0 Å². The van der Waals surface area contributed by atoms with Crippen molar-refractivity contribution in [1.29, 1.82) is 0 Å². The first-order valence-corrected chi connectivity index (χ1v) is 4.61. The zero-order chi connectivity index (χ0) is 9.42. The maximum Gasteiger partial charge on any atom is 0.0543 e. The van der Waals surface area contributed by atoms with Gasteiger partial charge >= 0.3 is 0 Å². The highest BCUT2D eigenvalue weighted by Crippen LogP contribution is 2.21. The molecular formula is C11H14N2. The zero-order valence-corrected chi connectivity index (χ0v) is 8.28. The van der Waals surface area contributed by atoms with Crippen LogP contribution < -0.4 is 0 Å². The lowest BCUT2D eigenvalue weighted by Crippen LogP contribution is -1.99. The average molecular weight is 174 g/mol. The van der Waals surface area contributed by atoms with E-state index in [-0.39, 0.29) is 0 Å². The number of aromatic nitrogens is 2. The summed E-state index contributed by atoms with van der Waals surface area (Å²) in [5, 5.41) is 1.23. The Morgan fingerprint density at radius 3 is 2.77 bits per heavy atom. The second kappa shape index (κ2) is 2.87. The summed E-state index contributed by atoms with van der Waals surface area (Å²) < 4.78 is 2.28. The lowest BCUT2D eigenvalue weighted by atomic mass is 10.2. The molecule has 0 aliphatic carbocycles. The smallest absolute Gasteiger partial charge is 0.0543 e. The molecule has 0 unspecified atom stereocenters. The summed E-state index contributed by atoms with van der Waals surface area (Å²) in [6, 6.07) is 2.63. The van der Waals surface area contributed by atoms with Gasteiger partial charge in [0.15, 0.2) is 0 Å². The maximum atomic E-state index is 4.17. The first kappa shape index (κ1) is 8.30. The van der Waals surface area contributed by atoms with E-state index >= 15 is 0 Å². The van der Waals surface area contributed by atoms with E-state index in [0.717, 1.165) is 0 Å². The van der Waals surface area contributed by atoms with Crippen LogP contribution >= 0.6 is 0 Å². The molecule has 0 bridgehead atoms. The van der Waals surface area contributed by atoms with Crippen molar-refractivity contribution in [2.45, 2.75) is 26.8 Å². The molecule has 0 aliphatic heterocycles. The first-order valence-electron chi connectivity index (χ1n) is 4.61. The van der Waals surface area contributed by atoms with Gasteiger partial charge in [0.2, 0.25) is 0 Å². The molecule has 2 nitrogen and oxygen atoms in total. The minimum absolute atomic E-state index is 0.513. The van der Waals surface area contributed by atoms with Crippen LogP contribution in [0.2, 0.25) is 0 Å². The third-order valence-corrected chi connectivity index (χ3v) is 2.36. The highest BCUT2D eigenvalue weighted by atomic mass is 15.0. The Balaban J connectivity index is 2.79. The molecule has 0 atom stereocenters. The van der Waals surface area contributed by atoms with Crippen molar-refractivity contribution in [1.82, 2.24) is 9.55 Å². The van der Waals surface area contributed by atoms with Crippen LogP contribution in [0.4, 0.5) is 0 Å². The number of rotatable bonds is 1. The lowest BCUT2D eigenvalue weighted by molar-refractivity contribution is 0.622. The van der Waals surface area contributed by atoms with Gasteiger partial charge in [-0.3, -0.25) is 4.98 Å². The van der Waals surface area contributed by atoms with E-state index in [1.54, 1.807) is 0 Å². The Bertz CT molecular complexity index is 427. The summed E-state index contributed by atoms with van der Waals surface area (Å²) in [4.78, 5) is 4.17. The molecule has 0 saturated heterocycles. The van der Waals surface area contributed by atoms with Crippen LogP contribution in [0.3, 0.4) is 0 Å². The summed E-state index contributed by atoms with van der Waals surface area (Å²) in [6.45, 7) is 6.49. The fourth-order valence-electron chi connectivity index (χ4n) is 1.72. The summed E-state index contributed by atoms with van der Waals surface area (Å²) in [6.07, 6.45) is 5.96. The molecule has 0 radical (unpaired) electrons. The third kappa shape index (κ3) is 1.22. The average Bonchev–Trinajstić information content (AvgIpc) is 2.49. The van der Waals surface area contributed by atoms with Gasteiger partial charge in [-0.2, -0.15) is 0 Å². The molecule has 0 fully saturated rings. The molecule has 2 heterocycles. The van der Waals surface area contributed by atoms with Gasteiger partial charge in [0.1, 0.15) is 0 Å². The normalized spacial score (nSPS) is 11.4. The van der Waals surface area contributed by atoms with E-state index in [1.807, 2.05) is 12.4 Å². The maximum absolute atomic E-state index is 4.17. The highest BCUT2D eigenvalue weighted by Gasteiger charge is 2.05. The molecule has 2 aromatic rings. The van der Waals surface area contributed by atoms with Gasteiger partial charge in [-0.15, -0.1) is 0 Å². The Kier molecular flexibility index (Phi) is 1.83. The Morgan fingerprint density at radius 1 is 1.31 bits per heavy atom. The fraction of sp³-hybridized carbons (Fsp3) is 0.364. The van der Waals surface area contributed by atoms with Crippen LogP contribution in [0.25, 0.3) is 10.9 Å². The molecule has 2 aromatic heterocycles. The summed E-state index contributed by atoms with van der Waals surface area (Å²) in [7, 11) is 0.